The summed E-state index contributed by atoms with van der Waals surface area (Å²) in [6.07, 6.45) is 1.90. The molecule has 0 aliphatic heterocycles. The lowest BCUT2D eigenvalue weighted by molar-refractivity contribution is 0.414. The van der Waals surface area contributed by atoms with Gasteiger partial charge < -0.3 is 4.74 Å². The van der Waals surface area contributed by atoms with Gasteiger partial charge in [0.2, 0.25) is 10.0 Å². The van der Waals surface area contributed by atoms with E-state index < -0.39 is 10.0 Å². The Hall–Kier alpha value is -2.03. The summed E-state index contributed by atoms with van der Waals surface area (Å²) in [6.45, 7) is 0.425. The first-order valence-electron chi connectivity index (χ1n) is 8.17. The van der Waals surface area contributed by atoms with Gasteiger partial charge in [0.05, 0.1) is 24.4 Å². The fraction of sp³-hybridized carbons (Fsp3) is 0.278. The van der Waals surface area contributed by atoms with Gasteiger partial charge in [0.25, 0.3) is 0 Å². The van der Waals surface area contributed by atoms with Crippen molar-refractivity contribution in [2.24, 2.45) is 0 Å². The molecule has 0 spiro atoms. The first-order valence-corrected chi connectivity index (χ1v) is 11.0. The van der Waals surface area contributed by atoms with Crippen LogP contribution in [0.4, 0.5) is 0 Å². The number of hydrogen-bond donors (Lipinski definition) is 1. The molecular formula is C18H21N3O3S2. The summed E-state index contributed by atoms with van der Waals surface area (Å²) in [7, 11) is -1.49. The summed E-state index contributed by atoms with van der Waals surface area (Å²) >= 11 is 1.61. The second kappa shape index (κ2) is 8.11. The number of thioether (sulfide) groups is 1. The largest absolute Gasteiger partial charge is 0.497 e. The van der Waals surface area contributed by atoms with Crippen molar-refractivity contribution < 1.29 is 13.2 Å². The van der Waals surface area contributed by atoms with Crippen LogP contribution < -0.4 is 9.46 Å². The van der Waals surface area contributed by atoms with Crippen molar-refractivity contribution in [1.82, 2.24) is 14.3 Å². The predicted octanol–water partition coefficient (Wildman–Crippen LogP) is 3.07. The van der Waals surface area contributed by atoms with Crippen LogP contribution in [0.25, 0.3) is 16.7 Å². The van der Waals surface area contributed by atoms with Gasteiger partial charge in [-0.05, 0) is 42.8 Å². The maximum atomic E-state index is 11.1. The van der Waals surface area contributed by atoms with Crippen LogP contribution in [0.3, 0.4) is 0 Å². The number of aromatic nitrogens is 2. The number of imidazole rings is 1. The smallest absolute Gasteiger partial charge is 0.208 e. The average Bonchev–Trinajstić information content (AvgIpc) is 2.99. The van der Waals surface area contributed by atoms with Crippen LogP contribution in [0.2, 0.25) is 0 Å². The molecule has 0 aliphatic rings. The molecule has 0 fully saturated rings. The second-order valence-corrected chi connectivity index (χ2v) is 8.68. The second-order valence-electron chi connectivity index (χ2n) is 5.79. The summed E-state index contributed by atoms with van der Waals surface area (Å²) in [5.74, 6) is 1.57. The SMILES string of the molecule is COc1ccc(-n2c(SCCCNS(C)(=O)=O)nc3ccccc32)cc1. The van der Waals surface area contributed by atoms with E-state index in [9.17, 15) is 8.42 Å². The Kier molecular flexibility index (Phi) is 5.85. The van der Waals surface area contributed by atoms with Gasteiger partial charge >= 0.3 is 0 Å². The normalized spacial score (nSPS) is 11.8. The van der Waals surface area contributed by atoms with Crippen molar-refractivity contribution >= 4 is 32.8 Å². The highest BCUT2D eigenvalue weighted by atomic mass is 32.2. The van der Waals surface area contributed by atoms with Gasteiger partial charge in [-0.2, -0.15) is 0 Å². The molecule has 1 N–H and O–H groups in total. The number of para-hydroxylation sites is 2. The van der Waals surface area contributed by atoms with Gasteiger partial charge in [-0.15, -0.1) is 0 Å². The first-order chi connectivity index (χ1) is 12.5. The molecule has 0 atom stereocenters. The van der Waals surface area contributed by atoms with Crippen molar-refractivity contribution in [2.75, 3.05) is 25.7 Å². The predicted molar refractivity (Wildman–Crippen MR) is 106 cm³/mol. The monoisotopic (exact) mass is 391 g/mol. The van der Waals surface area contributed by atoms with E-state index in [4.69, 9.17) is 9.72 Å². The summed E-state index contributed by atoms with van der Waals surface area (Å²) in [6, 6.07) is 15.9. The Morgan fingerprint density at radius 3 is 2.58 bits per heavy atom. The van der Waals surface area contributed by atoms with E-state index >= 15 is 0 Å². The molecule has 8 heteroatoms. The van der Waals surface area contributed by atoms with Crippen LogP contribution in [-0.2, 0) is 10.0 Å². The number of ether oxygens (including phenoxy) is 1. The van der Waals surface area contributed by atoms with E-state index in [2.05, 4.69) is 9.29 Å². The van der Waals surface area contributed by atoms with Gasteiger partial charge in [-0.25, -0.2) is 18.1 Å². The fourth-order valence-electron chi connectivity index (χ4n) is 2.57. The summed E-state index contributed by atoms with van der Waals surface area (Å²) in [5, 5.41) is 0.885. The molecule has 0 aliphatic carbocycles. The topological polar surface area (TPSA) is 73.2 Å². The molecule has 2 aromatic carbocycles. The Balaban J connectivity index is 1.82. The van der Waals surface area contributed by atoms with Gasteiger partial charge in [0.15, 0.2) is 5.16 Å². The van der Waals surface area contributed by atoms with Crippen LogP contribution in [-0.4, -0.2) is 43.6 Å². The maximum absolute atomic E-state index is 11.1. The zero-order chi connectivity index (χ0) is 18.6. The van der Waals surface area contributed by atoms with Gasteiger partial charge in [-0.3, -0.25) is 4.57 Å². The molecule has 0 bridgehead atoms. The molecule has 0 amide bonds. The number of hydrogen-bond acceptors (Lipinski definition) is 5. The van der Waals surface area contributed by atoms with Crippen LogP contribution in [0.1, 0.15) is 6.42 Å². The zero-order valence-electron chi connectivity index (χ0n) is 14.7. The quantitative estimate of drug-likeness (QED) is 0.472. The third-order valence-electron chi connectivity index (χ3n) is 3.78. The van der Waals surface area contributed by atoms with E-state index in [-0.39, 0.29) is 0 Å². The molecule has 138 valence electrons. The zero-order valence-corrected chi connectivity index (χ0v) is 16.3. The lowest BCUT2D eigenvalue weighted by Crippen LogP contribution is -2.23. The molecule has 3 rings (SSSR count). The molecule has 0 unspecified atom stereocenters. The molecule has 0 saturated heterocycles. The molecule has 3 aromatic rings. The van der Waals surface area contributed by atoms with Gasteiger partial charge in [0, 0.05) is 18.0 Å². The van der Waals surface area contributed by atoms with Gasteiger partial charge in [-0.1, -0.05) is 23.9 Å². The van der Waals surface area contributed by atoms with Crippen LogP contribution in [0.15, 0.2) is 53.7 Å². The van der Waals surface area contributed by atoms with E-state index in [1.165, 1.54) is 6.26 Å². The Labute approximate surface area is 157 Å². The highest BCUT2D eigenvalue weighted by Gasteiger charge is 2.13. The van der Waals surface area contributed by atoms with Crippen LogP contribution in [0, 0.1) is 0 Å². The lowest BCUT2D eigenvalue weighted by atomic mass is 10.2. The molecule has 0 saturated carbocycles. The van der Waals surface area contributed by atoms with Crippen molar-refractivity contribution in [2.45, 2.75) is 11.6 Å². The number of sulfonamides is 1. The third kappa shape index (κ3) is 4.57. The molecule has 26 heavy (non-hydrogen) atoms. The van der Waals surface area contributed by atoms with E-state index in [1.54, 1.807) is 18.9 Å². The van der Waals surface area contributed by atoms with Crippen LogP contribution in [0.5, 0.6) is 5.75 Å². The average molecular weight is 392 g/mol. The minimum Gasteiger partial charge on any atom is -0.497 e. The number of nitrogens with zero attached hydrogens (tertiary/aromatic N) is 2. The maximum Gasteiger partial charge on any atom is 0.208 e. The van der Waals surface area contributed by atoms with E-state index in [0.717, 1.165) is 39.8 Å². The Morgan fingerprint density at radius 1 is 1.15 bits per heavy atom. The molecule has 1 aromatic heterocycles. The first kappa shape index (κ1) is 18.8. The van der Waals surface area contributed by atoms with Crippen molar-refractivity contribution in [3.8, 4) is 11.4 Å². The Bertz CT molecular complexity index is 983. The van der Waals surface area contributed by atoms with Crippen LogP contribution >= 0.6 is 11.8 Å². The number of rotatable bonds is 8. The highest BCUT2D eigenvalue weighted by Crippen LogP contribution is 2.29. The number of fused-ring (bicyclic) bond motifs is 1. The van der Waals surface area contributed by atoms with E-state index in [0.29, 0.717) is 6.54 Å². The number of methoxy groups -OCH3 is 1. The summed E-state index contributed by atoms with van der Waals surface area (Å²) < 4.78 is 32.1. The fourth-order valence-corrected chi connectivity index (χ4v) is 4.06. The van der Waals surface area contributed by atoms with E-state index in [1.807, 2.05) is 48.5 Å². The number of nitrogens with one attached hydrogen (secondary N) is 1. The molecule has 6 nitrogen and oxygen atoms in total. The lowest BCUT2D eigenvalue weighted by Gasteiger charge is -2.10. The number of benzene rings is 2. The third-order valence-corrected chi connectivity index (χ3v) is 5.53. The highest BCUT2D eigenvalue weighted by molar-refractivity contribution is 7.99. The van der Waals surface area contributed by atoms with Crippen molar-refractivity contribution in [3.05, 3.63) is 48.5 Å². The summed E-state index contributed by atoms with van der Waals surface area (Å²) in [5.41, 5.74) is 2.98. The minimum atomic E-state index is -3.14. The molecular weight excluding hydrogens is 370 g/mol. The van der Waals surface area contributed by atoms with Gasteiger partial charge in [0.1, 0.15) is 5.75 Å². The minimum absolute atomic E-state index is 0.425. The molecule has 1 heterocycles. The van der Waals surface area contributed by atoms with Crippen molar-refractivity contribution in [1.29, 1.82) is 0 Å². The summed E-state index contributed by atoms with van der Waals surface area (Å²) in [4.78, 5) is 4.73. The molecule has 0 radical (unpaired) electrons. The van der Waals surface area contributed by atoms with Crippen molar-refractivity contribution in [3.63, 3.8) is 0 Å². The standard InChI is InChI=1S/C18H21N3O3S2/c1-24-15-10-8-14(9-11-15)21-17-7-4-3-6-16(17)20-18(21)25-13-5-12-19-26(2,22)23/h3-4,6-11,19H,5,12-13H2,1-2H3. The Morgan fingerprint density at radius 2 is 1.88 bits per heavy atom.